The van der Waals surface area contributed by atoms with Crippen molar-refractivity contribution in [2.75, 3.05) is 0 Å². The van der Waals surface area contributed by atoms with E-state index >= 15 is 0 Å². The van der Waals surface area contributed by atoms with Crippen LogP contribution in [0.15, 0.2) is 18.2 Å². The Morgan fingerprint density at radius 3 is 2.56 bits per heavy atom. The fourth-order valence-electron chi connectivity index (χ4n) is 1.65. The summed E-state index contributed by atoms with van der Waals surface area (Å²) >= 11 is 5.65. The molecule has 16 heavy (non-hydrogen) atoms. The molecule has 0 aromatic heterocycles. The van der Waals surface area contributed by atoms with E-state index in [1.54, 1.807) is 6.07 Å². The van der Waals surface area contributed by atoms with Crippen LogP contribution in [0.1, 0.15) is 24.4 Å². The van der Waals surface area contributed by atoms with Crippen LogP contribution in [-0.2, 0) is 0 Å². The first-order valence-electron chi connectivity index (χ1n) is 4.98. The zero-order valence-corrected chi connectivity index (χ0v) is 10.1. The van der Waals surface area contributed by atoms with Gasteiger partial charge in [-0.2, -0.15) is 0 Å². The molecule has 0 bridgehead atoms. The Bertz CT molecular complexity index is 371. The summed E-state index contributed by atoms with van der Waals surface area (Å²) in [7, 11) is 0. The Morgan fingerprint density at radius 1 is 1.44 bits per heavy atom. The number of benzene rings is 1. The molecule has 5 heteroatoms. The summed E-state index contributed by atoms with van der Waals surface area (Å²) in [6.45, 7) is 0. The molecule has 0 unspecified atom stereocenters. The summed E-state index contributed by atoms with van der Waals surface area (Å²) in [6, 6.07) is 3.84. The van der Waals surface area contributed by atoms with Gasteiger partial charge >= 0.3 is 0 Å². The molecule has 1 aliphatic carbocycles. The van der Waals surface area contributed by atoms with E-state index in [-0.39, 0.29) is 17.4 Å². The molecule has 2 nitrogen and oxygen atoms in total. The van der Waals surface area contributed by atoms with E-state index in [1.165, 1.54) is 12.1 Å². The van der Waals surface area contributed by atoms with Gasteiger partial charge in [-0.15, -0.1) is 12.4 Å². The average Bonchev–Trinajstić information content (AvgIpc) is 3.03. The molecule has 1 aromatic rings. The summed E-state index contributed by atoms with van der Waals surface area (Å²) in [5.74, 6) is -0.169. The van der Waals surface area contributed by atoms with Gasteiger partial charge in [0.25, 0.3) is 0 Å². The van der Waals surface area contributed by atoms with Crippen LogP contribution in [-0.4, -0.2) is 11.2 Å². The molecule has 90 valence electrons. The smallest absolute Gasteiger partial charge is 0.141 e. The van der Waals surface area contributed by atoms with Crippen molar-refractivity contribution in [1.29, 1.82) is 0 Å². The highest BCUT2D eigenvalue weighted by molar-refractivity contribution is 6.30. The standard InChI is InChI=1S/C11H13ClFNO.ClH/c12-8-5-7(3-4-9(8)13)10(14)11(15)6-1-2-6;/h3-6,10-11,15H,1-2,14H2;1H/t10-,11+;/m1./s1. The Morgan fingerprint density at radius 2 is 2.06 bits per heavy atom. The molecule has 1 saturated carbocycles. The lowest BCUT2D eigenvalue weighted by Crippen LogP contribution is -2.27. The van der Waals surface area contributed by atoms with Gasteiger partial charge in [-0.3, -0.25) is 0 Å². The normalized spacial score (nSPS) is 18.8. The summed E-state index contributed by atoms with van der Waals surface area (Å²) in [6.07, 6.45) is 1.49. The molecule has 0 amide bonds. The van der Waals surface area contributed by atoms with E-state index in [4.69, 9.17) is 17.3 Å². The second-order valence-electron chi connectivity index (χ2n) is 4.03. The quantitative estimate of drug-likeness (QED) is 0.883. The summed E-state index contributed by atoms with van der Waals surface area (Å²) in [5, 5.41) is 9.86. The summed E-state index contributed by atoms with van der Waals surface area (Å²) in [5.41, 5.74) is 6.55. The zero-order valence-electron chi connectivity index (χ0n) is 8.57. The van der Waals surface area contributed by atoms with Gasteiger partial charge in [0.15, 0.2) is 0 Å². The van der Waals surface area contributed by atoms with Crippen molar-refractivity contribution < 1.29 is 9.50 Å². The van der Waals surface area contributed by atoms with Gasteiger partial charge < -0.3 is 10.8 Å². The van der Waals surface area contributed by atoms with Crippen molar-refractivity contribution in [1.82, 2.24) is 0 Å². The number of hydrogen-bond donors (Lipinski definition) is 2. The molecule has 2 rings (SSSR count). The van der Waals surface area contributed by atoms with Crippen LogP contribution >= 0.6 is 24.0 Å². The van der Waals surface area contributed by atoms with E-state index in [9.17, 15) is 9.50 Å². The van der Waals surface area contributed by atoms with Gasteiger partial charge in [0, 0.05) is 0 Å². The summed E-state index contributed by atoms with van der Waals surface area (Å²) < 4.78 is 12.9. The van der Waals surface area contributed by atoms with E-state index in [0.29, 0.717) is 11.5 Å². The molecule has 0 saturated heterocycles. The van der Waals surface area contributed by atoms with Crippen molar-refractivity contribution in [2.24, 2.45) is 11.7 Å². The topological polar surface area (TPSA) is 46.2 Å². The third-order valence-corrected chi connectivity index (χ3v) is 3.09. The number of aliphatic hydroxyl groups excluding tert-OH is 1. The van der Waals surface area contributed by atoms with Crippen LogP contribution in [0.4, 0.5) is 4.39 Å². The lowest BCUT2D eigenvalue weighted by molar-refractivity contribution is 0.122. The first kappa shape index (κ1) is 13.7. The van der Waals surface area contributed by atoms with Crippen molar-refractivity contribution >= 4 is 24.0 Å². The number of hydrogen-bond acceptors (Lipinski definition) is 2. The Labute approximate surface area is 105 Å². The third-order valence-electron chi connectivity index (χ3n) is 2.80. The van der Waals surface area contributed by atoms with Crippen LogP contribution in [0.5, 0.6) is 0 Å². The van der Waals surface area contributed by atoms with Crippen molar-refractivity contribution in [3.63, 3.8) is 0 Å². The molecular weight excluding hydrogens is 252 g/mol. The Hall–Kier alpha value is -0.350. The minimum atomic E-state index is -0.550. The van der Waals surface area contributed by atoms with Crippen molar-refractivity contribution in [3.8, 4) is 0 Å². The fourth-order valence-corrected chi connectivity index (χ4v) is 1.84. The molecule has 0 radical (unpaired) electrons. The van der Waals surface area contributed by atoms with Gasteiger partial charge in [-0.25, -0.2) is 4.39 Å². The number of nitrogens with two attached hydrogens (primary N) is 1. The fraction of sp³-hybridized carbons (Fsp3) is 0.455. The molecule has 0 aliphatic heterocycles. The molecule has 3 N–H and O–H groups in total. The number of halogens is 3. The maximum absolute atomic E-state index is 12.9. The maximum atomic E-state index is 12.9. The highest BCUT2D eigenvalue weighted by atomic mass is 35.5. The molecule has 1 aromatic carbocycles. The minimum Gasteiger partial charge on any atom is -0.391 e. The lowest BCUT2D eigenvalue weighted by atomic mass is 9.99. The van der Waals surface area contributed by atoms with Gasteiger partial charge in [0.05, 0.1) is 17.2 Å². The molecule has 0 heterocycles. The second kappa shape index (κ2) is 5.32. The first-order valence-corrected chi connectivity index (χ1v) is 5.36. The third kappa shape index (κ3) is 2.86. The van der Waals surface area contributed by atoms with Crippen molar-refractivity contribution in [3.05, 3.63) is 34.6 Å². The molecule has 1 aliphatic rings. The first-order chi connectivity index (χ1) is 7.09. The SMILES string of the molecule is Cl.N[C@H](c1ccc(F)c(Cl)c1)[C@@H](O)C1CC1. The predicted molar refractivity (Wildman–Crippen MR) is 64.3 cm³/mol. The van der Waals surface area contributed by atoms with E-state index < -0.39 is 18.0 Å². The largest absolute Gasteiger partial charge is 0.391 e. The van der Waals surface area contributed by atoms with E-state index in [2.05, 4.69) is 0 Å². The van der Waals surface area contributed by atoms with Crippen LogP contribution in [0, 0.1) is 11.7 Å². The maximum Gasteiger partial charge on any atom is 0.141 e. The minimum absolute atomic E-state index is 0. The molecule has 2 atom stereocenters. The van der Waals surface area contributed by atoms with Crippen LogP contribution in [0.2, 0.25) is 5.02 Å². The molecular formula is C11H14Cl2FNO. The molecule has 0 spiro atoms. The lowest BCUT2D eigenvalue weighted by Gasteiger charge is -2.18. The number of aliphatic hydroxyl groups is 1. The van der Waals surface area contributed by atoms with E-state index in [0.717, 1.165) is 12.8 Å². The highest BCUT2D eigenvalue weighted by Gasteiger charge is 2.34. The second-order valence-corrected chi connectivity index (χ2v) is 4.43. The summed E-state index contributed by atoms with van der Waals surface area (Å²) in [4.78, 5) is 0. The Balaban J connectivity index is 0.00000128. The van der Waals surface area contributed by atoms with Gasteiger partial charge in [0.1, 0.15) is 5.82 Å². The van der Waals surface area contributed by atoms with Crippen LogP contribution in [0.25, 0.3) is 0 Å². The number of rotatable bonds is 3. The average molecular weight is 266 g/mol. The Kier molecular flexibility index (Phi) is 4.56. The van der Waals surface area contributed by atoms with Gasteiger partial charge in [-0.1, -0.05) is 17.7 Å². The van der Waals surface area contributed by atoms with Crippen LogP contribution in [0.3, 0.4) is 0 Å². The predicted octanol–water partition coefficient (Wildman–Crippen LogP) is 2.67. The van der Waals surface area contributed by atoms with Crippen molar-refractivity contribution in [2.45, 2.75) is 25.0 Å². The highest BCUT2D eigenvalue weighted by Crippen LogP contribution is 2.37. The monoisotopic (exact) mass is 265 g/mol. The van der Waals surface area contributed by atoms with Gasteiger partial charge in [-0.05, 0) is 36.5 Å². The van der Waals surface area contributed by atoms with Crippen LogP contribution < -0.4 is 5.73 Å². The van der Waals surface area contributed by atoms with Gasteiger partial charge in [0.2, 0.25) is 0 Å². The molecule has 1 fully saturated rings. The van der Waals surface area contributed by atoms with E-state index in [1.807, 2.05) is 0 Å². The zero-order chi connectivity index (χ0) is 11.0.